The Kier molecular flexibility index (Phi) is 4.55. The second-order valence-corrected chi connectivity index (χ2v) is 5.44. The molecule has 1 heteroatoms. The SMILES string of the molecule is CCNCC(C)(C)c1ccc(C(C)C)cc1. The summed E-state index contributed by atoms with van der Waals surface area (Å²) in [6, 6.07) is 9.06. The van der Waals surface area contributed by atoms with Crippen molar-refractivity contribution in [2.45, 2.75) is 46.0 Å². The molecule has 1 rings (SSSR count). The van der Waals surface area contributed by atoms with Crippen molar-refractivity contribution in [2.24, 2.45) is 0 Å². The summed E-state index contributed by atoms with van der Waals surface area (Å²) in [5.74, 6) is 0.617. The third-order valence-corrected chi connectivity index (χ3v) is 3.18. The fourth-order valence-corrected chi connectivity index (χ4v) is 1.86. The van der Waals surface area contributed by atoms with Gasteiger partial charge >= 0.3 is 0 Å². The molecule has 16 heavy (non-hydrogen) atoms. The van der Waals surface area contributed by atoms with E-state index in [9.17, 15) is 0 Å². The lowest BCUT2D eigenvalue weighted by molar-refractivity contribution is 0.477. The molecule has 0 fully saturated rings. The highest BCUT2D eigenvalue weighted by molar-refractivity contribution is 5.29. The van der Waals surface area contributed by atoms with Crippen LogP contribution in [0.5, 0.6) is 0 Å². The zero-order valence-electron chi connectivity index (χ0n) is 11.3. The summed E-state index contributed by atoms with van der Waals surface area (Å²) >= 11 is 0. The zero-order chi connectivity index (χ0) is 12.2. The van der Waals surface area contributed by atoms with Gasteiger partial charge in [-0.15, -0.1) is 0 Å². The highest BCUT2D eigenvalue weighted by Crippen LogP contribution is 2.24. The number of rotatable bonds is 5. The molecule has 0 atom stereocenters. The van der Waals surface area contributed by atoms with Crippen molar-refractivity contribution in [3.05, 3.63) is 35.4 Å². The Labute approximate surface area is 100 Å². The van der Waals surface area contributed by atoms with Crippen LogP contribution in [0.3, 0.4) is 0 Å². The third-order valence-electron chi connectivity index (χ3n) is 3.18. The molecular formula is C15H25N. The Morgan fingerprint density at radius 2 is 1.69 bits per heavy atom. The number of nitrogens with one attached hydrogen (secondary N) is 1. The molecular weight excluding hydrogens is 194 g/mol. The monoisotopic (exact) mass is 219 g/mol. The standard InChI is InChI=1S/C15H25N/c1-6-16-11-15(4,5)14-9-7-13(8-10-14)12(2)3/h7-10,12,16H,6,11H2,1-5H3. The van der Waals surface area contributed by atoms with E-state index >= 15 is 0 Å². The van der Waals surface area contributed by atoms with Crippen LogP contribution in [0.25, 0.3) is 0 Å². The van der Waals surface area contributed by atoms with E-state index in [-0.39, 0.29) is 5.41 Å². The first-order valence-corrected chi connectivity index (χ1v) is 6.28. The Hall–Kier alpha value is -0.820. The summed E-state index contributed by atoms with van der Waals surface area (Å²) in [7, 11) is 0. The van der Waals surface area contributed by atoms with Gasteiger partial charge in [-0.3, -0.25) is 0 Å². The second kappa shape index (κ2) is 5.49. The van der Waals surface area contributed by atoms with Crippen LogP contribution in [0, 0.1) is 0 Å². The van der Waals surface area contributed by atoms with Gasteiger partial charge in [-0.25, -0.2) is 0 Å². The summed E-state index contributed by atoms with van der Waals surface area (Å²) in [5, 5.41) is 3.42. The van der Waals surface area contributed by atoms with Gasteiger partial charge in [-0.2, -0.15) is 0 Å². The summed E-state index contributed by atoms with van der Waals surface area (Å²) < 4.78 is 0. The van der Waals surface area contributed by atoms with Gasteiger partial charge in [0.05, 0.1) is 0 Å². The average Bonchev–Trinajstić information content (AvgIpc) is 2.26. The van der Waals surface area contributed by atoms with Crippen molar-refractivity contribution in [2.75, 3.05) is 13.1 Å². The highest BCUT2D eigenvalue weighted by atomic mass is 14.9. The van der Waals surface area contributed by atoms with E-state index in [4.69, 9.17) is 0 Å². The maximum Gasteiger partial charge on any atom is 0.00430 e. The lowest BCUT2D eigenvalue weighted by Gasteiger charge is -2.26. The molecule has 1 N–H and O–H groups in total. The van der Waals surface area contributed by atoms with E-state index in [0.717, 1.165) is 13.1 Å². The second-order valence-electron chi connectivity index (χ2n) is 5.44. The molecule has 0 aliphatic rings. The molecule has 0 heterocycles. The summed E-state index contributed by atoms with van der Waals surface area (Å²) in [5.41, 5.74) is 3.05. The minimum Gasteiger partial charge on any atom is -0.316 e. The molecule has 90 valence electrons. The first kappa shape index (κ1) is 13.2. The molecule has 0 aliphatic carbocycles. The lowest BCUT2D eigenvalue weighted by Crippen LogP contribution is -2.32. The van der Waals surface area contributed by atoms with Crippen LogP contribution < -0.4 is 5.32 Å². The molecule has 0 aliphatic heterocycles. The van der Waals surface area contributed by atoms with Gasteiger partial charge in [0.2, 0.25) is 0 Å². The smallest absolute Gasteiger partial charge is 0.00430 e. The third kappa shape index (κ3) is 3.34. The molecule has 1 aromatic carbocycles. The maximum atomic E-state index is 3.42. The van der Waals surface area contributed by atoms with Crippen molar-refractivity contribution in [1.82, 2.24) is 5.32 Å². The van der Waals surface area contributed by atoms with Crippen LogP contribution in [-0.4, -0.2) is 13.1 Å². The number of hydrogen-bond donors (Lipinski definition) is 1. The predicted molar refractivity (Wildman–Crippen MR) is 72.1 cm³/mol. The normalized spacial score (nSPS) is 12.1. The summed E-state index contributed by atoms with van der Waals surface area (Å²) in [4.78, 5) is 0. The molecule has 0 amide bonds. The topological polar surface area (TPSA) is 12.0 Å². The minimum atomic E-state index is 0.214. The van der Waals surface area contributed by atoms with E-state index in [0.29, 0.717) is 5.92 Å². The van der Waals surface area contributed by atoms with Gasteiger partial charge in [-0.05, 0) is 23.6 Å². The molecule has 0 bridgehead atoms. The molecule has 0 aromatic heterocycles. The Bertz CT molecular complexity index is 309. The van der Waals surface area contributed by atoms with E-state index in [2.05, 4.69) is 64.2 Å². The Morgan fingerprint density at radius 1 is 1.12 bits per heavy atom. The average molecular weight is 219 g/mol. The van der Waals surface area contributed by atoms with Gasteiger partial charge in [0.25, 0.3) is 0 Å². The van der Waals surface area contributed by atoms with Crippen LogP contribution in [0.15, 0.2) is 24.3 Å². The van der Waals surface area contributed by atoms with Crippen LogP contribution in [-0.2, 0) is 5.41 Å². The number of hydrogen-bond acceptors (Lipinski definition) is 1. The van der Waals surface area contributed by atoms with Crippen molar-refractivity contribution in [3.8, 4) is 0 Å². The molecule has 1 aromatic rings. The zero-order valence-corrected chi connectivity index (χ0v) is 11.3. The first-order chi connectivity index (χ1) is 7.47. The fourth-order valence-electron chi connectivity index (χ4n) is 1.86. The van der Waals surface area contributed by atoms with Gasteiger partial charge in [0.15, 0.2) is 0 Å². The van der Waals surface area contributed by atoms with E-state index < -0.39 is 0 Å². The Morgan fingerprint density at radius 3 is 2.12 bits per heavy atom. The van der Waals surface area contributed by atoms with Crippen LogP contribution >= 0.6 is 0 Å². The molecule has 0 saturated heterocycles. The minimum absolute atomic E-state index is 0.214. The highest BCUT2D eigenvalue weighted by Gasteiger charge is 2.19. The number of likely N-dealkylation sites (N-methyl/N-ethyl adjacent to an activating group) is 1. The van der Waals surface area contributed by atoms with Gasteiger partial charge < -0.3 is 5.32 Å². The molecule has 0 saturated carbocycles. The van der Waals surface area contributed by atoms with Crippen molar-refractivity contribution in [3.63, 3.8) is 0 Å². The van der Waals surface area contributed by atoms with E-state index in [1.54, 1.807) is 0 Å². The first-order valence-electron chi connectivity index (χ1n) is 6.28. The molecule has 0 unspecified atom stereocenters. The van der Waals surface area contributed by atoms with Gasteiger partial charge in [-0.1, -0.05) is 58.9 Å². The maximum absolute atomic E-state index is 3.42. The number of benzene rings is 1. The van der Waals surface area contributed by atoms with Crippen molar-refractivity contribution < 1.29 is 0 Å². The molecule has 1 nitrogen and oxygen atoms in total. The van der Waals surface area contributed by atoms with Gasteiger partial charge in [0, 0.05) is 12.0 Å². The largest absolute Gasteiger partial charge is 0.316 e. The van der Waals surface area contributed by atoms with E-state index in [1.165, 1.54) is 11.1 Å². The van der Waals surface area contributed by atoms with Crippen molar-refractivity contribution >= 4 is 0 Å². The lowest BCUT2D eigenvalue weighted by atomic mass is 9.83. The molecule has 0 spiro atoms. The summed E-state index contributed by atoms with van der Waals surface area (Å²) in [6.07, 6.45) is 0. The van der Waals surface area contributed by atoms with Crippen LogP contribution in [0.1, 0.15) is 51.7 Å². The van der Waals surface area contributed by atoms with Gasteiger partial charge in [0.1, 0.15) is 0 Å². The Balaban J connectivity index is 2.79. The van der Waals surface area contributed by atoms with Crippen LogP contribution in [0.4, 0.5) is 0 Å². The van der Waals surface area contributed by atoms with Crippen LogP contribution in [0.2, 0.25) is 0 Å². The fraction of sp³-hybridized carbons (Fsp3) is 0.600. The quantitative estimate of drug-likeness (QED) is 0.796. The van der Waals surface area contributed by atoms with E-state index in [1.807, 2.05) is 0 Å². The van der Waals surface area contributed by atoms with Crippen molar-refractivity contribution in [1.29, 1.82) is 0 Å². The summed E-state index contributed by atoms with van der Waals surface area (Å²) in [6.45, 7) is 13.3. The predicted octanol–water partition coefficient (Wildman–Crippen LogP) is 3.70. The molecule has 0 radical (unpaired) electrons.